The van der Waals surface area contributed by atoms with Crippen LogP contribution in [0.4, 0.5) is 5.82 Å². The Morgan fingerprint density at radius 3 is 2.42 bits per heavy atom. The number of methoxy groups -OCH3 is 1. The zero-order chi connectivity index (χ0) is 30.7. The number of rotatable bonds is 9. The van der Waals surface area contributed by atoms with Crippen LogP contribution in [0.15, 0.2) is 76.3 Å². The average molecular weight is 583 g/mol. The topological polar surface area (TPSA) is 128 Å². The van der Waals surface area contributed by atoms with Crippen molar-refractivity contribution in [1.29, 1.82) is 0 Å². The van der Waals surface area contributed by atoms with E-state index in [-0.39, 0.29) is 29.0 Å². The number of hydrogen-bond donors (Lipinski definition) is 2. The molecule has 0 spiro atoms. The molecule has 2 amide bonds. The van der Waals surface area contributed by atoms with Gasteiger partial charge in [-0.05, 0) is 48.4 Å². The summed E-state index contributed by atoms with van der Waals surface area (Å²) in [5.41, 5.74) is 1.93. The highest BCUT2D eigenvalue weighted by atomic mass is 16.5. The van der Waals surface area contributed by atoms with E-state index in [1.54, 1.807) is 18.2 Å². The van der Waals surface area contributed by atoms with Crippen LogP contribution in [-0.2, 0) is 25.4 Å². The number of carbonyl (C=O) groups excluding carboxylic acids is 2. The molecule has 11 nitrogen and oxygen atoms in total. The van der Waals surface area contributed by atoms with Gasteiger partial charge in [-0.25, -0.2) is 4.79 Å². The quantitative estimate of drug-likeness (QED) is 0.311. The van der Waals surface area contributed by atoms with Crippen LogP contribution in [0.25, 0.3) is 22.4 Å². The number of carbonyl (C=O) groups is 2. The zero-order valence-corrected chi connectivity index (χ0v) is 24.6. The van der Waals surface area contributed by atoms with Crippen LogP contribution >= 0.6 is 0 Å². The Hall–Kier alpha value is -5.03. The van der Waals surface area contributed by atoms with Crippen LogP contribution < -0.4 is 26.6 Å². The summed E-state index contributed by atoms with van der Waals surface area (Å²) in [5, 5.41) is 5.69. The van der Waals surface area contributed by atoms with Crippen LogP contribution in [0.2, 0.25) is 0 Å². The van der Waals surface area contributed by atoms with Crippen LogP contribution in [0, 0.1) is 0 Å². The SMILES string of the molecule is COc1nc(NC(=O)c2c(-c3cccc(-c4ccccc4)c3)n(C)c(=O)n(C)c2=O)ccc1CN(C)CC1CCC(=O)N1. The molecule has 1 saturated heterocycles. The van der Waals surface area contributed by atoms with E-state index in [4.69, 9.17) is 4.74 Å². The van der Waals surface area contributed by atoms with Crippen molar-refractivity contribution in [3.63, 3.8) is 0 Å². The van der Waals surface area contributed by atoms with Crippen molar-refractivity contribution in [2.75, 3.05) is 26.0 Å². The first-order valence-corrected chi connectivity index (χ1v) is 13.9. The molecule has 3 heterocycles. The van der Waals surface area contributed by atoms with Crippen LogP contribution in [0.5, 0.6) is 5.88 Å². The maximum atomic E-state index is 13.7. The number of anilines is 1. The van der Waals surface area contributed by atoms with Crippen LogP contribution in [-0.4, -0.2) is 57.6 Å². The molecule has 1 atom stereocenters. The normalized spacial score (nSPS) is 14.5. The molecule has 0 radical (unpaired) electrons. The summed E-state index contributed by atoms with van der Waals surface area (Å²) >= 11 is 0. The third-order valence-corrected chi connectivity index (χ3v) is 7.57. The molecule has 11 heteroatoms. The maximum Gasteiger partial charge on any atom is 0.330 e. The van der Waals surface area contributed by atoms with Crippen LogP contribution in [0.1, 0.15) is 28.8 Å². The van der Waals surface area contributed by atoms with Crippen molar-refractivity contribution in [2.24, 2.45) is 14.1 Å². The fourth-order valence-electron chi connectivity index (χ4n) is 5.42. The fraction of sp³-hybridized carbons (Fsp3) is 0.281. The first kappa shape index (κ1) is 29.5. The van der Waals surface area contributed by atoms with Gasteiger partial charge in [0.2, 0.25) is 11.8 Å². The number of hydrogen-bond acceptors (Lipinski definition) is 7. The summed E-state index contributed by atoms with van der Waals surface area (Å²) < 4.78 is 7.74. The lowest BCUT2D eigenvalue weighted by atomic mass is 9.99. The summed E-state index contributed by atoms with van der Waals surface area (Å²) in [6.45, 7) is 1.19. The van der Waals surface area contributed by atoms with Gasteiger partial charge in [-0.3, -0.25) is 28.4 Å². The van der Waals surface area contributed by atoms with Gasteiger partial charge in [0.25, 0.3) is 11.5 Å². The average Bonchev–Trinajstić information content (AvgIpc) is 3.42. The van der Waals surface area contributed by atoms with E-state index in [2.05, 4.69) is 20.5 Å². The minimum Gasteiger partial charge on any atom is -0.481 e. The van der Waals surface area contributed by atoms with Gasteiger partial charge in [-0.2, -0.15) is 4.98 Å². The lowest BCUT2D eigenvalue weighted by Crippen LogP contribution is -2.42. The highest BCUT2D eigenvalue weighted by molar-refractivity contribution is 6.07. The molecule has 2 N–H and O–H groups in total. The highest BCUT2D eigenvalue weighted by Crippen LogP contribution is 2.28. The molecule has 0 aliphatic carbocycles. The van der Waals surface area contributed by atoms with Crippen LogP contribution in [0.3, 0.4) is 0 Å². The molecule has 1 unspecified atom stereocenters. The van der Waals surface area contributed by atoms with E-state index in [1.165, 1.54) is 25.8 Å². The molecule has 0 saturated carbocycles. The van der Waals surface area contributed by atoms with E-state index in [0.717, 1.165) is 27.7 Å². The molecule has 1 aliphatic heterocycles. The Morgan fingerprint density at radius 1 is 1.00 bits per heavy atom. The molecule has 4 aromatic rings. The molecule has 1 fully saturated rings. The van der Waals surface area contributed by atoms with Crippen molar-refractivity contribution < 1.29 is 14.3 Å². The number of likely N-dealkylation sites (N-methyl/N-ethyl adjacent to an activating group) is 1. The number of ether oxygens (including phenoxy) is 1. The minimum absolute atomic E-state index is 0.0677. The summed E-state index contributed by atoms with van der Waals surface area (Å²) in [7, 11) is 6.32. The summed E-state index contributed by atoms with van der Waals surface area (Å²) in [4.78, 5) is 58.1. The van der Waals surface area contributed by atoms with E-state index in [9.17, 15) is 19.2 Å². The van der Waals surface area contributed by atoms with Gasteiger partial charge in [0.05, 0.1) is 12.8 Å². The van der Waals surface area contributed by atoms with E-state index >= 15 is 0 Å². The molecule has 5 rings (SSSR count). The third kappa shape index (κ3) is 6.26. The monoisotopic (exact) mass is 582 g/mol. The van der Waals surface area contributed by atoms with Crippen molar-refractivity contribution in [3.05, 3.63) is 98.7 Å². The highest BCUT2D eigenvalue weighted by Gasteiger charge is 2.25. The maximum absolute atomic E-state index is 13.7. The number of nitrogens with zero attached hydrogens (tertiary/aromatic N) is 4. The Kier molecular flexibility index (Phi) is 8.53. The Morgan fingerprint density at radius 2 is 1.72 bits per heavy atom. The molecular weight excluding hydrogens is 548 g/mol. The standard InChI is InChI=1S/C32H34N6O5/c1-36(19-24-14-16-26(39)33-24)18-23-13-15-25(35-30(23)43-4)34-29(40)27-28(37(2)32(42)38(3)31(27)41)22-12-8-11-21(17-22)20-9-6-5-7-10-20/h5-13,15,17,24H,14,16,18-19H2,1-4H3,(H,33,39)(H,34,35,40). The smallest absolute Gasteiger partial charge is 0.330 e. The summed E-state index contributed by atoms with van der Waals surface area (Å²) in [6.07, 6.45) is 1.34. The number of benzene rings is 2. The lowest BCUT2D eigenvalue weighted by molar-refractivity contribution is -0.119. The molecule has 2 aromatic heterocycles. The number of amides is 2. The second kappa shape index (κ2) is 12.5. The van der Waals surface area contributed by atoms with Gasteiger partial charge < -0.3 is 15.4 Å². The molecule has 0 bridgehead atoms. The Balaban J connectivity index is 1.45. The van der Waals surface area contributed by atoms with Gasteiger partial charge >= 0.3 is 5.69 Å². The van der Waals surface area contributed by atoms with Gasteiger partial charge in [-0.1, -0.05) is 48.5 Å². The first-order chi connectivity index (χ1) is 20.7. The van der Waals surface area contributed by atoms with Crippen molar-refractivity contribution >= 4 is 17.6 Å². The zero-order valence-electron chi connectivity index (χ0n) is 24.6. The molecular formula is C32H34N6O5. The summed E-state index contributed by atoms with van der Waals surface area (Å²) in [5.74, 6) is -0.119. The van der Waals surface area contributed by atoms with Crippen molar-refractivity contribution in [3.8, 4) is 28.3 Å². The first-order valence-electron chi connectivity index (χ1n) is 13.9. The number of nitrogens with one attached hydrogen (secondary N) is 2. The van der Waals surface area contributed by atoms with Gasteiger partial charge in [0.1, 0.15) is 11.4 Å². The number of aromatic nitrogens is 3. The summed E-state index contributed by atoms with van der Waals surface area (Å²) in [6, 6.07) is 20.6. The van der Waals surface area contributed by atoms with Crippen molar-refractivity contribution in [2.45, 2.75) is 25.4 Å². The molecule has 1 aliphatic rings. The number of pyridine rings is 1. The van der Waals surface area contributed by atoms with Gasteiger partial charge in [0, 0.05) is 45.2 Å². The third-order valence-electron chi connectivity index (χ3n) is 7.57. The predicted octanol–water partition coefficient (Wildman–Crippen LogP) is 2.78. The second-order valence-electron chi connectivity index (χ2n) is 10.7. The molecule has 222 valence electrons. The fourth-order valence-corrected chi connectivity index (χ4v) is 5.42. The molecule has 2 aromatic carbocycles. The van der Waals surface area contributed by atoms with E-state index < -0.39 is 17.2 Å². The largest absolute Gasteiger partial charge is 0.481 e. The lowest BCUT2D eigenvalue weighted by Gasteiger charge is -2.22. The molecule has 43 heavy (non-hydrogen) atoms. The predicted molar refractivity (Wildman–Crippen MR) is 164 cm³/mol. The van der Waals surface area contributed by atoms with Gasteiger partial charge in [0.15, 0.2) is 0 Å². The van der Waals surface area contributed by atoms with E-state index in [1.807, 2.05) is 55.6 Å². The van der Waals surface area contributed by atoms with Gasteiger partial charge in [-0.15, -0.1) is 0 Å². The van der Waals surface area contributed by atoms with Crippen molar-refractivity contribution in [1.82, 2.24) is 24.3 Å². The van der Waals surface area contributed by atoms with E-state index in [0.29, 0.717) is 31.0 Å². The second-order valence-corrected chi connectivity index (χ2v) is 10.7. The Bertz CT molecular complexity index is 1800. The Labute approximate surface area is 248 Å². The minimum atomic E-state index is -0.718.